The van der Waals surface area contributed by atoms with Gasteiger partial charge in [-0.2, -0.15) is 5.26 Å². The molecule has 0 bridgehead atoms. The lowest BCUT2D eigenvalue weighted by Crippen LogP contribution is -2.29. The van der Waals surface area contributed by atoms with Gasteiger partial charge in [-0.15, -0.1) is 0 Å². The number of hydrogen-bond acceptors (Lipinski definition) is 4. The molecule has 0 saturated carbocycles. The molecular weight excluding hydrogens is 248 g/mol. The van der Waals surface area contributed by atoms with Gasteiger partial charge in [0.05, 0.1) is 24.1 Å². The number of benzene rings is 1. The van der Waals surface area contributed by atoms with Crippen molar-refractivity contribution in [1.29, 1.82) is 5.26 Å². The van der Waals surface area contributed by atoms with Gasteiger partial charge in [0, 0.05) is 13.1 Å². The minimum Gasteiger partial charge on any atom is -0.481 e. The van der Waals surface area contributed by atoms with Crippen molar-refractivity contribution in [1.82, 2.24) is 0 Å². The van der Waals surface area contributed by atoms with Crippen LogP contribution in [0.2, 0.25) is 0 Å². The molecule has 0 radical (unpaired) electrons. The van der Waals surface area contributed by atoms with E-state index in [2.05, 4.69) is 0 Å². The van der Waals surface area contributed by atoms with Crippen molar-refractivity contribution >= 4 is 17.6 Å². The number of nitriles is 1. The van der Waals surface area contributed by atoms with Gasteiger partial charge in [-0.25, -0.2) is 0 Å². The minimum absolute atomic E-state index is 0.112. The van der Waals surface area contributed by atoms with Crippen LogP contribution in [0.15, 0.2) is 24.3 Å². The van der Waals surface area contributed by atoms with Crippen molar-refractivity contribution in [2.24, 2.45) is 0 Å². The van der Waals surface area contributed by atoms with E-state index in [1.54, 1.807) is 29.2 Å². The molecular formula is C13H14N2O4. The molecule has 1 aromatic carbocycles. The van der Waals surface area contributed by atoms with Crippen LogP contribution in [0.4, 0.5) is 5.69 Å². The Kier molecular flexibility index (Phi) is 5.35. The van der Waals surface area contributed by atoms with Crippen LogP contribution < -0.4 is 4.90 Å². The van der Waals surface area contributed by atoms with Crippen molar-refractivity contribution in [3.63, 3.8) is 0 Å². The van der Waals surface area contributed by atoms with Crippen LogP contribution in [-0.4, -0.2) is 35.2 Å². The van der Waals surface area contributed by atoms with Gasteiger partial charge in [-0.1, -0.05) is 12.1 Å². The zero-order valence-electron chi connectivity index (χ0n) is 10.2. The Morgan fingerprint density at radius 1 is 1.11 bits per heavy atom. The summed E-state index contributed by atoms with van der Waals surface area (Å²) in [4.78, 5) is 22.9. The molecule has 0 amide bonds. The minimum atomic E-state index is -0.963. The third-order valence-corrected chi connectivity index (χ3v) is 2.56. The van der Waals surface area contributed by atoms with Crippen LogP contribution in [0.1, 0.15) is 18.4 Å². The van der Waals surface area contributed by atoms with Crippen molar-refractivity contribution in [3.05, 3.63) is 29.8 Å². The molecule has 6 nitrogen and oxygen atoms in total. The zero-order chi connectivity index (χ0) is 14.3. The molecule has 6 heteroatoms. The molecule has 0 saturated heterocycles. The Morgan fingerprint density at radius 3 is 2.11 bits per heavy atom. The number of hydrogen-bond donors (Lipinski definition) is 2. The Morgan fingerprint density at radius 2 is 1.63 bits per heavy atom. The number of para-hydroxylation sites is 1. The average molecular weight is 262 g/mol. The number of anilines is 1. The fourth-order valence-corrected chi connectivity index (χ4v) is 1.66. The molecule has 0 unspecified atom stereocenters. The van der Waals surface area contributed by atoms with Gasteiger partial charge in [0.1, 0.15) is 6.07 Å². The number of carboxylic acid groups (broad SMARTS) is 2. The van der Waals surface area contributed by atoms with Crippen LogP contribution in [-0.2, 0) is 9.59 Å². The van der Waals surface area contributed by atoms with E-state index in [-0.39, 0.29) is 25.9 Å². The predicted molar refractivity (Wildman–Crippen MR) is 67.9 cm³/mol. The molecule has 19 heavy (non-hydrogen) atoms. The van der Waals surface area contributed by atoms with Crippen LogP contribution in [0.3, 0.4) is 0 Å². The molecule has 0 aromatic heterocycles. The first kappa shape index (κ1) is 14.5. The summed E-state index contributed by atoms with van der Waals surface area (Å²) in [5, 5.41) is 26.4. The van der Waals surface area contributed by atoms with E-state index >= 15 is 0 Å². The highest BCUT2D eigenvalue weighted by atomic mass is 16.4. The second-order valence-corrected chi connectivity index (χ2v) is 3.90. The summed E-state index contributed by atoms with van der Waals surface area (Å²) in [6, 6.07) is 8.74. The van der Waals surface area contributed by atoms with Crippen molar-refractivity contribution in [3.8, 4) is 6.07 Å². The topological polar surface area (TPSA) is 102 Å². The second-order valence-electron chi connectivity index (χ2n) is 3.90. The Bertz CT molecular complexity index is 490. The number of nitrogens with zero attached hydrogens (tertiary/aromatic N) is 2. The summed E-state index contributed by atoms with van der Waals surface area (Å²) < 4.78 is 0. The third kappa shape index (κ3) is 4.68. The van der Waals surface area contributed by atoms with Gasteiger partial charge in [0.15, 0.2) is 0 Å². The second kappa shape index (κ2) is 7.01. The van der Waals surface area contributed by atoms with Crippen LogP contribution in [0.25, 0.3) is 0 Å². The Balaban J connectivity index is 2.90. The largest absolute Gasteiger partial charge is 0.481 e. The fraction of sp³-hybridized carbons (Fsp3) is 0.308. The van der Waals surface area contributed by atoms with Gasteiger partial charge in [-0.05, 0) is 12.1 Å². The van der Waals surface area contributed by atoms with Gasteiger partial charge >= 0.3 is 11.9 Å². The average Bonchev–Trinajstić information content (AvgIpc) is 2.38. The Hall–Kier alpha value is -2.55. The highest BCUT2D eigenvalue weighted by Gasteiger charge is 2.13. The molecule has 100 valence electrons. The molecule has 0 spiro atoms. The van der Waals surface area contributed by atoms with E-state index < -0.39 is 11.9 Å². The number of carboxylic acids is 2. The first-order chi connectivity index (χ1) is 9.04. The lowest BCUT2D eigenvalue weighted by Gasteiger charge is -2.24. The smallest absolute Gasteiger partial charge is 0.305 e. The zero-order valence-corrected chi connectivity index (χ0v) is 10.2. The molecule has 1 rings (SSSR count). The molecule has 0 aliphatic rings. The maximum absolute atomic E-state index is 10.6. The summed E-state index contributed by atoms with van der Waals surface area (Å²) in [5.74, 6) is -1.93. The van der Waals surface area contributed by atoms with E-state index in [1.807, 2.05) is 6.07 Å². The van der Waals surface area contributed by atoms with Crippen molar-refractivity contribution in [2.45, 2.75) is 12.8 Å². The van der Waals surface area contributed by atoms with Gasteiger partial charge in [-0.3, -0.25) is 9.59 Å². The molecule has 0 atom stereocenters. The quantitative estimate of drug-likeness (QED) is 0.768. The van der Waals surface area contributed by atoms with Crippen LogP contribution >= 0.6 is 0 Å². The Labute approximate surface area is 110 Å². The summed E-state index contributed by atoms with van der Waals surface area (Å²) in [6.07, 6.45) is -0.223. The normalized spacial score (nSPS) is 9.63. The van der Waals surface area contributed by atoms with E-state index in [1.165, 1.54) is 0 Å². The summed E-state index contributed by atoms with van der Waals surface area (Å²) in [7, 11) is 0. The van der Waals surface area contributed by atoms with Crippen molar-refractivity contribution in [2.75, 3.05) is 18.0 Å². The molecule has 2 N–H and O–H groups in total. The fourth-order valence-electron chi connectivity index (χ4n) is 1.66. The summed E-state index contributed by atoms with van der Waals surface area (Å²) in [6.45, 7) is 0.336. The lowest BCUT2D eigenvalue weighted by molar-refractivity contribution is -0.137. The van der Waals surface area contributed by atoms with Gasteiger partial charge < -0.3 is 15.1 Å². The summed E-state index contributed by atoms with van der Waals surface area (Å²) >= 11 is 0. The SMILES string of the molecule is N#Cc1ccccc1N(CCC(=O)O)CCC(=O)O. The highest BCUT2D eigenvalue weighted by molar-refractivity contribution is 5.70. The van der Waals surface area contributed by atoms with Gasteiger partial charge in [0.25, 0.3) is 0 Å². The number of aliphatic carboxylic acids is 2. The van der Waals surface area contributed by atoms with E-state index in [0.29, 0.717) is 11.3 Å². The molecule has 0 aliphatic carbocycles. The predicted octanol–water partition coefficient (Wildman–Crippen LogP) is 1.31. The monoisotopic (exact) mass is 262 g/mol. The lowest BCUT2D eigenvalue weighted by atomic mass is 10.1. The molecule has 1 aromatic rings. The number of carbonyl (C=O) groups is 2. The van der Waals surface area contributed by atoms with E-state index in [9.17, 15) is 9.59 Å². The van der Waals surface area contributed by atoms with Gasteiger partial charge in [0.2, 0.25) is 0 Å². The van der Waals surface area contributed by atoms with Crippen LogP contribution in [0, 0.1) is 11.3 Å². The molecule has 0 aliphatic heterocycles. The first-order valence-electron chi connectivity index (χ1n) is 5.72. The van der Waals surface area contributed by atoms with Crippen molar-refractivity contribution < 1.29 is 19.8 Å². The van der Waals surface area contributed by atoms with E-state index in [4.69, 9.17) is 15.5 Å². The standard InChI is InChI=1S/C13H14N2O4/c14-9-10-3-1-2-4-11(10)15(7-5-12(16)17)8-6-13(18)19/h1-4H,5-8H2,(H,16,17)(H,18,19). The maximum atomic E-state index is 10.6. The van der Waals surface area contributed by atoms with Crippen LogP contribution in [0.5, 0.6) is 0 Å². The first-order valence-corrected chi connectivity index (χ1v) is 5.72. The highest BCUT2D eigenvalue weighted by Crippen LogP contribution is 2.20. The molecule has 0 fully saturated rings. The molecule has 0 heterocycles. The third-order valence-electron chi connectivity index (χ3n) is 2.56. The summed E-state index contributed by atoms with van der Waals surface area (Å²) in [5.41, 5.74) is 0.964. The van der Waals surface area contributed by atoms with E-state index in [0.717, 1.165) is 0 Å². The maximum Gasteiger partial charge on any atom is 0.305 e. The number of rotatable bonds is 7.